The van der Waals surface area contributed by atoms with E-state index >= 15 is 0 Å². The first-order valence-corrected chi connectivity index (χ1v) is 6.19. The van der Waals surface area contributed by atoms with Crippen molar-refractivity contribution in [3.05, 3.63) is 0 Å². The molecule has 2 atom stereocenters. The Bertz CT molecular complexity index is 318. The number of esters is 1. The number of likely N-dealkylation sites (tertiary alicyclic amines) is 1. The Balaban J connectivity index is 2.79. The highest BCUT2D eigenvalue weighted by Gasteiger charge is 2.43. The Hall–Kier alpha value is -1.59. The van der Waals surface area contributed by atoms with Gasteiger partial charge in [0.2, 0.25) is 0 Å². The van der Waals surface area contributed by atoms with Gasteiger partial charge in [0.1, 0.15) is 12.3 Å². The van der Waals surface area contributed by atoms with Crippen LogP contribution in [0, 0.1) is 5.92 Å². The van der Waals surface area contributed by atoms with Gasteiger partial charge in [-0.25, -0.2) is 9.59 Å². The van der Waals surface area contributed by atoms with Gasteiger partial charge in [-0.05, 0) is 26.2 Å². The third kappa shape index (κ3) is 3.21. The molecule has 6 heteroatoms. The molecule has 1 amide bonds. The van der Waals surface area contributed by atoms with Crippen molar-refractivity contribution in [2.45, 2.75) is 32.7 Å². The van der Waals surface area contributed by atoms with Crippen molar-refractivity contribution in [2.24, 2.45) is 5.92 Å². The molecule has 0 aliphatic carbocycles. The summed E-state index contributed by atoms with van der Waals surface area (Å²) in [6.07, 6.45) is 1.11. The maximum Gasteiger partial charge on any atom is 0.410 e. The molecule has 1 fully saturated rings. The Labute approximate surface area is 106 Å². The molecule has 1 heterocycles. The summed E-state index contributed by atoms with van der Waals surface area (Å²) < 4.78 is 9.86. The van der Waals surface area contributed by atoms with E-state index in [1.165, 1.54) is 4.90 Å². The lowest BCUT2D eigenvalue weighted by Crippen LogP contribution is -2.44. The van der Waals surface area contributed by atoms with E-state index in [0.29, 0.717) is 13.0 Å². The summed E-state index contributed by atoms with van der Waals surface area (Å²) in [5, 5.41) is 0. The number of nitrogens with zero attached hydrogens (tertiary/aromatic N) is 1. The van der Waals surface area contributed by atoms with E-state index in [9.17, 15) is 14.4 Å². The Kier molecular flexibility index (Phi) is 5.61. The molecule has 0 aromatic carbocycles. The molecule has 18 heavy (non-hydrogen) atoms. The monoisotopic (exact) mass is 257 g/mol. The minimum absolute atomic E-state index is 0.175. The van der Waals surface area contributed by atoms with Gasteiger partial charge in [-0.15, -0.1) is 0 Å². The second-order valence-electron chi connectivity index (χ2n) is 4.04. The predicted octanol–water partition coefficient (Wildman–Crippen LogP) is 0.986. The number of ether oxygens (including phenoxy) is 2. The fraction of sp³-hybridized carbons (Fsp3) is 0.750. The van der Waals surface area contributed by atoms with Gasteiger partial charge in [-0.2, -0.15) is 0 Å². The zero-order valence-electron chi connectivity index (χ0n) is 10.8. The van der Waals surface area contributed by atoms with Gasteiger partial charge in [0.05, 0.1) is 13.2 Å². The highest BCUT2D eigenvalue weighted by Crippen LogP contribution is 2.28. The van der Waals surface area contributed by atoms with Crippen molar-refractivity contribution >= 4 is 18.3 Å². The third-order valence-electron chi connectivity index (χ3n) is 2.95. The topological polar surface area (TPSA) is 72.9 Å². The standard InChI is InChI=1S/C12H19NO5/c1-3-17-11(15)10-9(6-8-14)5-7-13(10)12(16)18-4-2/h8-10H,3-7H2,1-2H3. The molecular formula is C12H19NO5. The van der Waals surface area contributed by atoms with E-state index < -0.39 is 18.1 Å². The van der Waals surface area contributed by atoms with Crippen molar-refractivity contribution in [3.8, 4) is 0 Å². The third-order valence-corrected chi connectivity index (χ3v) is 2.95. The highest BCUT2D eigenvalue weighted by molar-refractivity contribution is 5.83. The SMILES string of the molecule is CCOC(=O)C1C(CC=O)CCN1C(=O)OCC. The first-order valence-electron chi connectivity index (χ1n) is 6.19. The Morgan fingerprint density at radius 3 is 2.50 bits per heavy atom. The number of amides is 1. The van der Waals surface area contributed by atoms with Crippen LogP contribution in [-0.2, 0) is 19.1 Å². The average molecular weight is 257 g/mol. The van der Waals surface area contributed by atoms with Gasteiger partial charge in [-0.3, -0.25) is 4.90 Å². The van der Waals surface area contributed by atoms with Crippen LogP contribution in [0.15, 0.2) is 0 Å². The predicted molar refractivity (Wildman–Crippen MR) is 62.9 cm³/mol. The largest absolute Gasteiger partial charge is 0.464 e. The maximum atomic E-state index is 11.9. The van der Waals surface area contributed by atoms with E-state index in [1.54, 1.807) is 13.8 Å². The Morgan fingerprint density at radius 2 is 1.94 bits per heavy atom. The van der Waals surface area contributed by atoms with Crippen LogP contribution < -0.4 is 0 Å². The molecule has 2 unspecified atom stereocenters. The summed E-state index contributed by atoms with van der Waals surface area (Å²) in [5.41, 5.74) is 0. The van der Waals surface area contributed by atoms with Gasteiger partial charge in [0, 0.05) is 13.0 Å². The van der Waals surface area contributed by atoms with Crippen LogP contribution >= 0.6 is 0 Å². The molecule has 1 rings (SSSR count). The second kappa shape index (κ2) is 6.98. The smallest absolute Gasteiger partial charge is 0.410 e. The normalized spacial score (nSPS) is 22.7. The van der Waals surface area contributed by atoms with E-state index in [1.807, 2.05) is 0 Å². The zero-order valence-corrected chi connectivity index (χ0v) is 10.8. The van der Waals surface area contributed by atoms with Crippen LogP contribution in [-0.4, -0.2) is 49.0 Å². The molecule has 1 aliphatic heterocycles. The van der Waals surface area contributed by atoms with Crippen molar-refractivity contribution in [2.75, 3.05) is 19.8 Å². The molecule has 0 radical (unpaired) electrons. The quantitative estimate of drug-likeness (QED) is 0.542. The summed E-state index contributed by atoms with van der Waals surface area (Å²) in [7, 11) is 0. The van der Waals surface area contributed by atoms with Gasteiger partial charge >= 0.3 is 12.1 Å². The van der Waals surface area contributed by atoms with E-state index in [-0.39, 0.29) is 25.6 Å². The molecule has 6 nitrogen and oxygen atoms in total. The minimum atomic E-state index is -0.700. The molecule has 1 saturated heterocycles. The molecule has 0 spiro atoms. The first kappa shape index (κ1) is 14.5. The molecular weight excluding hydrogens is 238 g/mol. The van der Waals surface area contributed by atoms with Crippen LogP contribution in [0.3, 0.4) is 0 Å². The zero-order chi connectivity index (χ0) is 13.5. The van der Waals surface area contributed by atoms with Crippen LogP contribution in [0.2, 0.25) is 0 Å². The second-order valence-corrected chi connectivity index (χ2v) is 4.04. The summed E-state index contributed by atoms with van der Waals surface area (Å²) in [4.78, 5) is 35.5. The van der Waals surface area contributed by atoms with Crippen LogP contribution in [0.5, 0.6) is 0 Å². The van der Waals surface area contributed by atoms with E-state index in [4.69, 9.17) is 9.47 Å². The fourth-order valence-electron chi connectivity index (χ4n) is 2.19. The lowest BCUT2D eigenvalue weighted by Gasteiger charge is -2.24. The molecule has 0 saturated carbocycles. The highest BCUT2D eigenvalue weighted by atomic mass is 16.6. The summed E-state index contributed by atoms with van der Waals surface area (Å²) >= 11 is 0. The number of hydrogen-bond acceptors (Lipinski definition) is 5. The summed E-state index contributed by atoms with van der Waals surface area (Å²) in [5.74, 6) is -0.638. The molecule has 0 aromatic heterocycles. The van der Waals surface area contributed by atoms with Crippen LogP contribution in [0.1, 0.15) is 26.7 Å². The fourth-order valence-corrected chi connectivity index (χ4v) is 2.19. The van der Waals surface area contributed by atoms with Crippen LogP contribution in [0.4, 0.5) is 4.79 Å². The number of aldehydes is 1. The van der Waals surface area contributed by atoms with Gasteiger partial charge in [0.15, 0.2) is 0 Å². The first-order chi connectivity index (χ1) is 8.65. The molecule has 0 N–H and O–H groups in total. The van der Waals surface area contributed by atoms with E-state index in [2.05, 4.69) is 0 Å². The lowest BCUT2D eigenvalue weighted by molar-refractivity contribution is -0.149. The van der Waals surface area contributed by atoms with Crippen molar-refractivity contribution in [1.82, 2.24) is 4.90 Å². The van der Waals surface area contributed by atoms with Gasteiger partial charge in [-0.1, -0.05) is 0 Å². The van der Waals surface area contributed by atoms with Crippen molar-refractivity contribution < 1.29 is 23.9 Å². The lowest BCUT2D eigenvalue weighted by atomic mass is 9.97. The van der Waals surface area contributed by atoms with E-state index in [0.717, 1.165) is 6.29 Å². The summed E-state index contributed by atoms with van der Waals surface area (Å²) in [6.45, 7) is 4.33. The molecule has 1 aliphatic rings. The maximum absolute atomic E-state index is 11.9. The number of hydrogen-bond donors (Lipinski definition) is 0. The Morgan fingerprint density at radius 1 is 1.28 bits per heavy atom. The molecule has 102 valence electrons. The van der Waals surface area contributed by atoms with Crippen molar-refractivity contribution in [3.63, 3.8) is 0 Å². The molecule has 0 aromatic rings. The van der Waals surface area contributed by atoms with Crippen molar-refractivity contribution in [1.29, 1.82) is 0 Å². The van der Waals surface area contributed by atoms with Crippen LogP contribution in [0.25, 0.3) is 0 Å². The van der Waals surface area contributed by atoms with Gasteiger partial charge < -0.3 is 14.3 Å². The average Bonchev–Trinajstić information content (AvgIpc) is 2.74. The number of carbonyl (C=O) groups is 3. The minimum Gasteiger partial charge on any atom is -0.464 e. The van der Waals surface area contributed by atoms with Gasteiger partial charge in [0.25, 0.3) is 0 Å². The molecule has 0 bridgehead atoms. The summed E-state index contributed by atoms with van der Waals surface area (Å²) in [6, 6.07) is -0.700. The number of rotatable bonds is 5. The number of carbonyl (C=O) groups excluding carboxylic acids is 3.